The first-order chi connectivity index (χ1) is 18.0. The van der Waals surface area contributed by atoms with E-state index in [1.54, 1.807) is 13.2 Å². The van der Waals surface area contributed by atoms with Crippen LogP contribution in [0.1, 0.15) is 23.8 Å². The highest BCUT2D eigenvalue weighted by molar-refractivity contribution is 6.05. The second kappa shape index (κ2) is 10.8. The SMILES string of the molecule is CCN1CCC(N(C)c2cc(OC)cc3c(=O)cc(C(=O)Nc4ccc(N5CCOCC5)cc4)[nH]c23)C1. The Hall–Kier alpha value is -3.56. The molecule has 2 N–H and O–H groups in total. The molecule has 2 aliphatic heterocycles. The Morgan fingerprint density at radius 1 is 1.16 bits per heavy atom. The summed E-state index contributed by atoms with van der Waals surface area (Å²) in [7, 11) is 3.64. The molecule has 5 rings (SSSR count). The third-order valence-corrected chi connectivity index (χ3v) is 7.50. The van der Waals surface area contributed by atoms with Gasteiger partial charge < -0.3 is 34.5 Å². The molecule has 1 aromatic heterocycles. The van der Waals surface area contributed by atoms with Crippen LogP contribution in [0.2, 0.25) is 0 Å². The number of fused-ring (bicyclic) bond motifs is 1. The number of morpholine rings is 1. The number of carbonyl (C=O) groups is 1. The van der Waals surface area contributed by atoms with Crippen LogP contribution in [-0.4, -0.2) is 81.9 Å². The van der Waals surface area contributed by atoms with Crippen LogP contribution in [0.5, 0.6) is 5.75 Å². The van der Waals surface area contributed by atoms with Crippen LogP contribution >= 0.6 is 0 Å². The number of H-pyrrole nitrogens is 1. The molecule has 0 spiro atoms. The smallest absolute Gasteiger partial charge is 0.272 e. The number of anilines is 3. The van der Waals surface area contributed by atoms with E-state index >= 15 is 0 Å². The number of likely N-dealkylation sites (N-methyl/N-ethyl adjacent to an activating group) is 2. The fraction of sp³-hybridized carbons (Fsp3) is 0.429. The number of ether oxygens (including phenoxy) is 2. The number of aromatic nitrogens is 1. The van der Waals surface area contributed by atoms with Crippen molar-refractivity contribution in [3.05, 3.63) is 58.4 Å². The molecule has 0 saturated carbocycles. The Bertz CT molecular complexity index is 1320. The summed E-state index contributed by atoms with van der Waals surface area (Å²) in [5, 5.41) is 3.42. The largest absolute Gasteiger partial charge is 0.497 e. The molecule has 3 aromatic rings. The first-order valence-electron chi connectivity index (χ1n) is 12.9. The fourth-order valence-corrected chi connectivity index (χ4v) is 5.21. The van der Waals surface area contributed by atoms with E-state index < -0.39 is 0 Å². The van der Waals surface area contributed by atoms with E-state index in [4.69, 9.17) is 9.47 Å². The lowest BCUT2D eigenvalue weighted by Gasteiger charge is -2.29. The van der Waals surface area contributed by atoms with Gasteiger partial charge in [0.1, 0.15) is 11.4 Å². The minimum atomic E-state index is -0.361. The van der Waals surface area contributed by atoms with Gasteiger partial charge in [-0.2, -0.15) is 0 Å². The molecular formula is C28H35N5O4. The number of likely N-dealkylation sites (tertiary alicyclic amines) is 1. The predicted molar refractivity (Wildman–Crippen MR) is 147 cm³/mol. The van der Waals surface area contributed by atoms with Crippen molar-refractivity contribution in [2.24, 2.45) is 0 Å². The maximum atomic E-state index is 13.2. The molecule has 196 valence electrons. The second-order valence-corrected chi connectivity index (χ2v) is 9.66. The lowest BCUT2D eigenvalue weighted by Crippen LogP contribution is -2.36. The van der Waals surface area contributed by atoms with Crippen molar-refractivity contribution < 1.29 is 14.3 Å². The maximum Gasteiger partial charge on any atom is 0.272 e. The number of nitrogens with zero attached hydrogens (tertiary/aromatic N) is 3. The summed E-state index contributed by atoms with van der Waals surface area (Å²) < 4.78 is 10.9. The highest BCUT2D eigenvalue weighted by atomic mass is 16.5. The van der Waals surface area contributed by atoms with Gasteiger partial charge in [0, 0.05) is 62.8 Å². The number of carbonyl (C=O) groups excluding carboxylic acids is 1. The molecule has 1 atom stereocenters. The van der Waals surface area contributed by atoms with Gasteiger partial charge in [0.15, 0.2) is 5.43 Å². The van der Waals surface area contributed by atoms with Gasteiger partial charge in [-0.05, 0) is 43.3 Å². The van der Waals surface area contributed by atoms with Crippen LogP contribution in [0.3, 0.4) is 0 Å². The van der Waals surface area contributed by atoms with Crippen molar-refractivity contribution in [2.45, 2.75) is 19.4 Å². The lowest BCUT2D eigenvalue weighted by atomic mass is 10.1. The van der Waals surface area contributed by atoms with Crippen molar-refractivity contribution in [3.8, 4) is 5.75 Å². The Morgan fingerprint density at radius 2 is 1.92 bits per heavy atom. The van der Waals surface area contributed by atoms with E-state index in [0.29, 0.717) is 41.6 Å². The van der Waals surface area contributed by atoms with Gasteiger partial charge >= 0.3 is 0 Å². The zero-order chi connectivity index (χ0) is 25.9. The number of aromatic amines is 1. The first kappa shape index (κ1) is 25.1. The summed E-state index contributed by atoms with van der Waals surface area (Å²) in [5.41, 5.74) is 3.24. The molecule has 9 heteroatoms. The van der Waals surface area contributed by atoms with Crippen molar-refractivity contribution in [1.29, 1.82) is 0 Å². The summed E-state index contributed by atoms with van der Waals surface area (Å²) in [6.07, 6.45) is 1.04. The van der Waals surface area contributed by atoms with Crippen LogP contribution in [0.4, 0.5) is 17.1 Å². The monoisotopic (exact) mass is 505 g/mol. The number of methoxy groups -OCH3 is 1. The Labute approximate surface area is 217 Å². The zero-order valence-electron chi connectivity index (χ0n) is 21.8. The Morgan fingerprint density at radius 3 is 2.59 bits per heavy atom. The van der Waals surface area contributed by atoms with E-state index in [1.165, 1.54) is 6.07 Å². The molecule has 2 aromatic carbocycles. The van der Waals surface area contributed by atoms with Gasteiger partial charge in [-0.3, -0.25) is 9.59 Å². The molecule has 3 heterocycles. The predicted octanol–water partition coefficient (Wildman–Crippen LogP) is 3.16. The highest BCUT2D eigenvalue weighted by Crippen LogP contribution is 2.32. The molecule has 2 saturated heterocycles. The molecule has 0 radical (unpaired) electrons. The van der Waals surface area contributed by atoms with Crippen molar-refractivity contribution in [3.63, 3.8) is 0 Å². The van der Waals surface area contributed by atoms with Crippen LogP contribution < -0.4 is 25.3 Å². The van der Waals surface area contributed by atoms with Gasteiger partial charge in [-0.15, -0.1) is 0 Å². The summed E-state index contributed by atoms with van der Waals surface area (Å²) in [6, 6.07) is 13.1. The number of hydrogen-bond donors (Lipinski definition) is 2. The molecule has 1 unspecified atom stereocenters. The van der Waals surface area contributed by atoms with E-state index in [-0.39, 0.29) is 17.0 Å². The van der Waals surface area contributed by atoms with Gasteiger partial charge in [0.05, 0.1) is 36.9 Å². The fourth-order valence-electron chi connectivity index (χ4n) is 5.21. The summed E-state index contributed by atoms with van der Waals surface area (Å²) in [4.78, 5) is 36.4. The van der Waals surface area contributed by atoms with Crippen molar-refractivity contribution in [2.75, 3.05) is 75.2 Å². The van der Waals surface area contributed by atoms with Crippen molar-refractivity contribution in [1.82, 2.24) is 9.88 Å². The molecule has 2 fully saturated rings. The van der Waals surface area contributed by atoms with Crippen LogP contribution in [0, 0.1) is 0 Å². The van der Waals surface area contributed by atoms with E-state index in [9.17, 15) is 9.59 Å². The van der Waals surface area contributed by atoms with Gasteiger partial charge in [0.25, 0.3) is 5.91 Å². The number of amides is 1. The Balaban J connectivity index is 1.42. The number of nitrogens with one attached hydrogen (secondary N) is 2. The second-order valence-electron chi connectivity index (χ2n) is 9.66. The molecule has 9 nitrogen and oxygen atoms in total. The number of rotatable bonds is 7. The van der Waals surface area contributed by atoms with E-state index in [0.717, 1.165) is 50.5 Å². The van der Waals surface area contributed by atoms with Crippen LogP contribution in [-0.2, 0) is 4.74 Å². The highest BCUT2D eigenvalue weighted by Gasteiger charge is 2.27. The molecule has 0 aliphatic carbocycles. The maximum absolute atomic E-state index is 13.2. The minimum Gasteiger partial charge on any atom is -0.497 e. The normalized spacial score (nSPS) is 18.2. The third kappa shape index (κ3) is 5.28. The van der Waals surface area contributed by atoms with E-state index in [2.05, 4.69) is 31.9 Å². The minimum absolute atomic E-state index is 0.219. The zero-order valence-corrected chi connectivity index (χ0v) is 21.8. The van der Waals surface area contributed by atoms with Crippen LogP contribution in [0.25, 0.3) is 10.9 Å². The first-order valence-corrected chi connectivity index (χ1v) is 12.9. The third-order valence-electron chi connectivity index (χ3n) is 7.50. The average Bonchev–Trinajstić information content (AvgIpc) is 3.42. The van der Waals surface area contributed by atoms with Crippen LogP contribution in [0.15, 0.2) is 47.3 Å². The molecule has 0 bridgehead atoms. The van der Waals surface area contributed by atoms with Crippen molar-refractivity contribution >= 4 is 33.9 Å². The lowest BCUT2D eigenvalue weighted by molar-refractivity contribution is 0.102. The van der Waals surface area contributed by atoms with Gasteiger partial charge in [0.2, 0.25) is 0 Å². The summed E-state index contributed by atoms with van der Waals surface area (Å²) >= 11 is 0. The van der Waals surface area contributed by atoms with Gasteiger partial charge in [-0.25, -0.2) is 0 Å². The molecule has 2 aliphatic rings. The topological polar surface area (TPSA) is 90.1 Å². The summed E-state index contributed by atoms with van der Waals surface area (Å²) in [6.45, 7) is 8.31. The molecule has 1 amide bonds. The molecular weight excluding hydrogens is 470 g/mol. The quantitative estimate of drug-likeness (QED) is 0.510. The number of benzene rings is 2. The summed E-state index contributed by atoms with van der Waals surface area (Å²) in [5.74, 6) is 0.253. The Kier molecular flexibility index (Phi) is 7.34. The number of pyridine rings is 1. The average molecular weight is 506 g/mol. The standard InChI is InChI=1S/C28H35N5O4/c1-4-32-10-9-21(18-32)31(2)25-16-22(36-3)15-23-26(34)17-24(30-27(23)25)28(35)29-19-5-7-20(8-6-19)33-11-13-37-14-12-33/h5-8,15-17,21H,4,9-14,18H2,1-3H3,(H,29,35)(H,30,34). The number of hydrogen-bond acceptors (Lipinski definition) is 7. The van der Waals surface area contributed by atoms with Gasteiger partial charge in [-0.1, -0.05) is 6.92 Å². The molecule has 37 heavy (non-hydrogen) atoms. The van der Waals surface area contributed by atoms with E-state index in [1.807, 2.05) is 37.4 Å².